The first-order chi connectivity index (χ1) is 13.1. The van der Waals surface area contributed by atoms with E-state index in [2.05, 4.69) is 67.7 Å². The summed E-state index contributed by atoms with van der Waals surface area (Å²) in [5, 5.41) is 9.20. The minimum absolute atomic E-state index is 0.574. The number of alkyl halides is 1. The van der Waals surface area contributed by atoms with E-state index in [1.807, 2.05) is 41.7 Å². The number of halogens is 1. The van der Waals surface area contributed by atoms with Crippen molar-refractivity contribution in [1.29, 1.82) is 0 Å². The molecular weight excluding hydrogens is 447 g/mol. The van der Waals surface area contributed by atoms with Gasteiger partial charge < -0.3 is 5.11 Å². The van der Waals surface area contributed by atoms with E-state index in [9.17, 15) is 9.90 Å². The molecule has 0 spiro atoms. The summed E-state index contributed by atoms with van der Waals surface area (Å²) in [7, 11) is 0. The molecule has 0 amide bonds. The quantitative estimate of drug-likeness (QED) is 0.147. The van der Waals surface area contributed by atoms with Crippen LogP contribution in [0.1, 0.15) is 65.2 Å². The van der Waals surface area contributed by atoms with Crippen LogP contribution in [0, 0.1) is 0 Å². The second kappa shape index (κ2) is 18.0. The average Bonchev–Trinajstić information content (AvgIpc) is 2.66. The summed E-state index contributed by atoms with van der Waals surface area (Å²) < 4.78 is -0.671. The molecule has 1 unspecified atom stereocenters. The van der Waals surface area contributed by atoms with Gasteiger partial charge in [-0.15, -0.1) is 0 Å². The van der Waals surface area contributed by atoms with Crippen molar-refractivity contribution in [3.8, 4) is 0 Å². The fourth-order valence-corrected chi connectivity index (χ4v) is 2.43. The maximum atomic E-state index is 11.2. The van der Waals surface area contributed by atoms with Gasteiger partial charge in [-0.1, -0.05) is 109 Å². The lowest BCUT2D eigenvalue weighted by molar-refractivity contribution is -0.139. The average molecular weight is 482 g/mol. The van der Waals surface area contributed by atoms with Crippen molar-refractivity contribution in [3.05, 3.63) is 72.9 Å². The van der Waals surface area contributed by atoms with Crippen molar-refractivity contribution in [2.75, 3.05) is 0 Å². The number of rotatable bonds is 15. The highest BCUT2D eigenvalue weighted by atomic mass is 127. The third-order valence-electron chi connectivity index (χ3n) is 3.98. The Morgan fingerprint density at radius 3 is 1.33 bits per heavy atom. The molecule has 150 valence electrons. The number of hydrogen-bond acceptors (Lipinski definition) is 1. The number of carbonyl (C=O) groups is 1. The monoisotopic (exact) mass is 482 g/mol. The first-order valence-electron chi connectivity index (χ1n) is 9.89. The summed E-state index contributed by atoms with van der Waals surface area (Å²) in [5.74, 6) is -0.731. The minimum Gasteiger partial charge on any atom is -0.480 e. The Morgan fingerprint density at radius 2 is 1.04 bits per heavy atom. The van der Waals surface area contributed by atoms with E-state index in [0.29, 0.717) is 12.8 Å². The highest BCUT2D eigenvalue weighted by molar-refractivity contribution is 14.1. The number of hydrogen-bond donors (Lipinski definition) is 1. The van der Waals surface area contributed by atoms with E-state index in [0.717, 1.165) is 38.5 Å². The Morgan fingerprint density at radius 1 is 0.704 bits per heavy atom. The zero-order chi connectivity index (χ0) is 20.2. The van der Waals surface area contributed by atoms with Crippen molar-refractivity contribution in [1.82, 2.24) is 0 Å². The molecule has 0 heterocycles. The van der Waals surface area contributed by atoms with Crippen molar-refractivity contribution in [3.63, 3.8) is 0 Å². The zero-order valence-corrected chi connectivity index (χ0v) is 19.0. The molecule has 0 radical (unpaired) electrons. The van der Waals surface area contributed by atoms with Crippen LogP contribution in [0.4, 0.5) is 0 Å². The third kappa shape index (κ3) is 15.4. The molecule has 0 saturated carbocycles. The van der Waals surface area contributed by atoms with Gasteiger partial charge in [-0.05, 0) is 51.4 Å². The van der Waals surface area contributed by atoms with Gasteiger partial charge in [-0.25, -0.2) is 0 Å². The largest absolute Gasteiger partial charge is 0.480 e. The van der Waals surface area contributed by atoms with Crippen LogP contribution in [0.25, 0.3) is 0 Å². The fourth-order valence-electron chi connectivity index (χ4n) is 2.17. The highest BCUT2D eigenvalue weighted by Crippen LogP contribution is 2.28. The van der Waals surface area contributed by atoms with E-state index in [4.69, 9.17) is 0 Å². The van der Waals surface area contributed by atoms with Crippen LogP contribution in [0.15, 0.2) is 72.9 Å². The number of carboxylic acid groups (broad SMARTS) is 1. The van der Waals surface area contributed by atoms with E-state index in [1.165, 1.54) is 0 Å². The summed E-state index contributed by atoms with van der Waals surface area (Å²) in [4.78, 5) is 11.2. The Balaban J connectivity index is 3.76. The van der Waals surface area contributed by atoms with E-state index >= 15 is 0 Å². The van der Waals surface area contributed by atoms with Gasteiger partial charge in [-0.3, -0.25) is 4.79 Å². The number of allylic oxidation sites excluding steroid dienone is 12. The van der Waals surface area contributed by atoms with Gasteiger partial charge in [0.2, 0.25) is 0 Å². The molecule has 2 nitrogen and oxygen atoms in total. The maximum Gasteiger partial charge on any atom is 0.319 e. The predicted octanol–water partition coefficient (Wildman–Crippen LogP) is 7.74. The summed E-state index contributed by atoms with van der Waals surface area (Å²) >= 11 is 2.04. The van der Waals surface area contributed by atoms with Crippen LogP contribution >= 0.6 is 22.6 Å². The second-order valence-electron chi connectivity index (χ2n) is 6.24. The molecule has 0 saturated heterocycles. The van der Waals surface area contributed by atoms with Gasteiger partial charge in [0.1, 0.15) is 3.42 Å². The molecule has 0 aromatic rings. The topological polar surface area (TPSA) is 37.3 Å². The first kappa shape index (κ1) is 25.6. The molecule has 0 rings (SSSR count). The molecule has 0 aliphatic heterocycles. The van der Waals surface area contributed by atoms with Crippen LogP contribution in [0.5, 0.6) is 0 Å². The van der Waals surface area contributed by atoms with Crippen LogP contribution in [-0.2, 0) is 4.79 Å². The lowest BCUT2D eigenvalue weighted by atomic mass is 10.0. The SMILES string of the molecule is CC/C=C\C/C=C\C/C=C\C/C=C\C/C=C\C/C=C\CC(I)(CC)C(=O)O. The molecular formula is C24H35IO2. The van der Waals surface area contributed by atoms with Gasteiger partial charge in [0.05, 0.1) is 0 Å². The summed E-state index contributed by atoms with van der Waals surface area (Å²) in [5.41, 5.74) is 0. The molecule has 0 aliphatic rings. The Hall–Kier alpha value is -1.36. The summed E-state index contributed by atoms with van der Waals surface area (Å²) in [6.07, 6.45) is 32.9. The standard InChI is InChI=1S/C24H35IO2/c1-3-5-6-7-8-9-10-11-12-13-14-15-16-17-18-19-20-21-22-24(25,4-2)23(26)27/h5-6,8-9,11-12,14-15,17-18,20-21H,3-4,7,10,13,16,19,22H2,1-2H3,(H,26,27)/b6-5-,9-8-,12-11-,15-14-,18-17-,21-20-. The van der Waals surface area contributed by atoms with E-state index in [-0.39, 0.29) is 0 Å². The summed E-state index contributed by atoms with van der Waals surface area (Å²) in [6.45, 7) is 4.06. The van der Waals surface area contributed by atoms with Crippen LogP contribution in [-0.4, -0.2) is 14.5 Å². The zero-order valence-electron chi connectivity index (χ0n) is 16.8. The highest BCUT2D eigenvalue weighted by Gasteiger charge is 2.31. The first-order valence-corrected chi connectivity index (χ1v) is 11.0. The second-order valence-corrected chi connectivity index (χ2v) is 8.31. The normalized spacial score (nSPS) is 15.4. The van der Waals surface area contributed by atoms with Gasteiger partial charge in [-0.2, -0.15) is 0 Å². The molecule has 0 bridgehead atoms. The Kier molecular flexibility index (Phi) is 17.1. The Labute approximate surface area is 179 Å². The van der Waals surface area contributed by atoms with Crippen LogP contribution in [0.3, 0.4) is 0 Å². The van der Waals surface area contributed by atoms with Gasteiger partial charge in [0.25, 0.3) is 0 Å². The Bertz CT molecular complexity index is 553. The van der Waals surface area contributed by atoms with E-state index < -0.39 is 9.39 Å². The lowest BCUT2D eigenvalue weighted by Crippen LogP contribution is -2.29. The molecule has 27 heavy (non-hydrogen) atoms. The van der Waals surface area contributed by atoms with Crippen molar-refractivity contribution < 1.29 is 9.90 Å². The van der Waals surface area contributed by atoms with Gasteiger partial charge in [0, 0.05) is 0 Å². The molecule has 3 heteroatoms. The maximum absolute atomic E-state index is 11.2. The predicted molar refractivity (Wildman–Crippen MR) is 128 cm³/mol. The van der Waals surface area contributed by atoms with Crippen molar-refractivity contribution in [2.45, 2.75) is 68.6 Å². The van der Waals surface area contributed by atoms with Crippen molar-refractivity contribution >= 4 is 28.6 Å². The smallest absolute Gasteiger partial charge is 0.319 e. The number of carboxylic acids is 1. The minimum atomic E-state index is -0.731. The van der Waals surface area contributed by atoms with Gasteiger partial charge >= 0.3 is 5.97 Å². The third-order valence-corrected chi connectivity index (χ3v) is 5.65. The van der Waals surface area contributed by atoms with E-state index in [1.54, 1.807) is 0 Å². The van der Waals surface area contributed by atoms with Gasteiger partial charge in [0.15, 0.2) is 0 Å². The fraction of sp³-hybridized carbons (Fsp3) is 0.458. The molecule has 1 N–H and O–H groups in total. The molecule has 1 atom stereocenters. The number of aliphatic carboxylic acids is 1. The molecule has 0 fully saturated rings. The lowest BCUT2D eigenvalue weighted by Gasteiger charge is -2.18. The molecule has 0 aromatic carbocycles. The van der Waals surface area contributed by atoms with Crippen LogP contribution < -0.4 is 0 Å². The van der Waals surface area contributed by atoms with Crippen LogP contribution in [0.2, 0.25) is 0 Å². The molecule has 0 aromatic heterocycles. The molecule has 0 aliphatic carbocycles. The summed E-state index contributed by atoms with van der Waals surface area (Å²) in [6, 6.07) is 0. The van der Waals surface area contributed by atoms with Crippen molar-refractivity contribution in [2.24, 2.45) is 0 Å².